The second-order valence-corrected chi connectivity index (χ2v) is 4.64. The Balaban J connectivity index is 2.56. The predicted molar refractivity (Wildman–Crippen MR) is 57.5 cm³/mol. The van der Waals surface area contributed by atoms with Crippen molar-refractivity contribution in [2.75, 3.05) is 5.75 Å². The molecule has 0 aromatic carbocycles. The van der Waals surface area contributed by atoms with Gasteiger partial charge < -0.3 is 0 Å². The first-order valence-corrected chi connectivity index (χ1v) is 5.95. The molecule has 1 nitrogen and oxygen atoms in total. The van der Waals surface area contributed by atoms with Crippen molar-refractivity contribution in [3.05, 3.63) is 22.6 Å². The van der Waals surface area contributed by atoms with Crippen molar-refractivity contribution >= 4 is 27.7 Å². The smallest absolute Gasteiger partial charge is 0.156 e. The quantitative estimate of drug-likeness (QED) is 0.604. The summed E-state index contributed by atoms with van der Waals surface area (Å²) in [6, 6.07) is 1.45. The van der Waals surface area contributed by atoms with Crippen LogP contribution in [0, 0.1) is 5.82 Å². The number of hydrogen-bond donors (Lipinski definition) is 0. The van der Waals surface area contributed by atoms with Crippen molar-refractivity contribution in [2.45, 2.75) is 24.8 Å². The van der Waals surface area contributed by atoms with Crippen LogP contribution in [0.25, 0.3) is 0 Å². The molecule has 0 bridgehead atoms. The Bertz CT molecular complexity index is 280. The van der Waals surface area contributed by atoms with E-state index in [9.17, 15) is 4.39 Å². The van der Waals surface area contributed by atoms with E-state index in [0.29, 0.717) is 9.50 Å². The average Bonchev–Trinajstić information content (AvgIpc) is 2.09. The maximum absolute atomic E-state index is 13.2. The van der Waals surface area contributed by atoms with Gasteiger partial charge in [-0.1, -0.05) is 13.3 Å². The summed E-state index contributed by atoms with van der Waals surface area (Å²) in [5.74, 6) is 0.692. The second kappa shape index (κ2) is 5.60. The van der Waals surface area contributed by atoms with Crippen LogP contribution < -0.4 is 0 Å². The molecule has 0 spiro atoms. The third-order valence-corrected chi connectivity index (χ3v) is 3.01. The number of hydrogen-bond acceptors (Lipinski definition) is 2. The number of aromatic nitrogens is 1. The number of nitrogens with zero attached hydrogens (tertiary/aromatic N) is 1. The van der Waals surface area contributed by atoms with Crippen molar-refractivity contribution in [2.24, 2.45) is 0 Å². The Morgan fingerprint density at radius 3 is 3.00 bits per heavy atom. The SMILES string of the molecule is CCCCSc1ncc(Br)cc1F. The first-order chi connectivity index (χ1) is 6.24. The normalized spacial score (nSPS) is 10.4. The highest BCUT2D eigenvalue weighted by Crippen LogP contribution is 2.22. The summed E-state index contributed by atoms with van der Waals surface area (Å²) >= 11 is 4.64. The number of thioether (sulfide) groups is 1. The molecule has 0 aliphatic heterocycles. The predicted octanol–water partition coefficient (Wildman–Crippen LogP) is 3.88. The lowest BCUT2D eigenvalue weighted by molar-refractivity contribution is 0.586. The second-order valence-electron chi connectivity index (χ2n) is 2.64. The fraction of sp³-hybridized carbons (Fsp3) is 0.444. The van der Waals surface area contributed by atoms with Crippen LogP contribution in [0.1, 0.15) is 19.8 Å². The molecule has 1 aromatic heterocycles. The molecule has 0 atom stereocenters. The minimum absolute atomic E-state index is 0.240. The highest BCUT2D eigenvalue weighted by Gasteiger charge is 2.03. The molecule has 0 saturated carbocycles. The molecule has 13 heavy (non-hydrogen) atoms. The zero-order chi connectivity index (χ0) is 9.68. The lowest BCUT2D eigenvalue weighted by Gasteiger charge is -2.00. The van der Waals surface area contributed by atoms with Crippen LogP contribution in [0.5, 0.6) is 0 Å². The molecular formula is C9H11BrFNS. The van der Waals surface area contributed by atoms with Gasteiger partial charge in [0, 0.05) is 10.7 Å². The lowest BCUT2D eigenvalue weighted by Crippen LogP contribution is -1.88. The number of unbranched alkanes of at least 4 members (excludes halogenated alkanes) is 1. The van der Waals surface area contributed by atoms with Crippen LogP contribution in [0.4, 0.5) is 4.39 Å². The number of halogens is 2. The van der Waals surface area contributed by atoms with Crippen LogP contribution in [-0.2, 0) is 0 Å². The summed E-state index contributed by atoms with van der Waals surface area (Å²) in [6.07, 6.45) is 3.85. The van der Waals surface area contributed by atoms with E-state index >= 15 is 0 Å². The first kappa shape index (κ1) is 11.0. The molecule has 0 aliphatic rings. The summed E-state index contributed by atoms with van der Waals surface area (Å²) in [4.78, 5) is 3.99. The molecule has 0 aliphatic carbocycles. The van der Waals surface area contributed by atoms with Crippen LogP contribution in [0.2, 0.25) is 0 Å². The first-order valence-electron chi connectivity index (χ1n) is 4.18. The van der Waals surface area contributed by atoms with Crippen molar-refractivity contribution < 1.29 is 4.39 Å². The molecule has 72 valence electrons. The zero-order valence-corrected chi connectivity index (χ0v) is 9.79. The number of rotatable bonds is 4. The van der Waals surface area contributed by atoms with Gasteiger partial charge in [-0.25, -0.2) is 9.37 Å². The van der Waals surface area contributed by atoms with E-state index in [1.807, 2.05) is 0 Å². The molecule has 1 heterocycles. The summed E-state index contributed by atoms with van der Waals surface area (Å²) in [7, 11) is 0. The van der Waals surface area contributed by atoms with E-state index in [2.05, 4.69) is 27.8 Å². The molecule has 0 fully saturated rings. The van der Waals surface area contributed by atoms with Crippen molar-refractivity contribution in [3.8, 4) is 0 Å². The Kier molecular flexibility index (Phi) is 4.73. The average molecular weight is 264 g/mol. The van der Waals surface area contributed by atoms with Gasteiger partial charge in [0.05, 0.1) is 0 Å². The van der Waals surface area contributed by atoms with E-state index in [1.54, 1.807) is 6.20 Å². The fourth-order valence-corrected chi connectivity index (χ4v) is 2.08. The zero-order valence-electron chi connectivity index (χ0n) is 7.39. The maximum Gasteiger partial charge on any atom is 0.156 e. The molecule has 1 rings (SSSR count). The van der Waals surface area contributed by atoms with Crippen molar-refractivity contribution in [1.29, 1.82) is 0 Å². The summed E-state index contributed by atoms with van der Waals surface area (Å²) < 4.78 is 13.8. The highest BCUT2D eigenvalue weighted by atomic mass is 79.9. The van der Waals surface area contributed by atoms with Gasteiger partial charge in [-0.2, -0.15) is 0 Å². The van der Waals surface area contributed by atoms with E-state index in [0.717, 1.165) is 18.6 Å². The third kappa shape index (κ3) is 3.65. The largest absolute Gasteiger partial charge is 0.246 e. The van der Waals surface area contributed by atoms with E-state index in [-0.39, 0.29) is 5.82 Å². The van der Waals surface area contributed by atoms with Crippen molar-refractivity contribution in [3.63, 3.8) is 0 Å². The Morgan fingerprint density at radius 2 is 2.38 bits per heavy atom. The van der Waals surface area contributed by atoms with Crippen LogP contribution in [-0.4, -0.2) is 10.7 Å². The standard InChI is InChI=1S/C9H11BrFNS/c1-2-3-4-13-9-8(11)5-7(10)6-12-9/h5-6H,2-4H2,1H3. The van der Waals surface area contributed by atoms with Gasteiger partial charge in [0.15, 0.2) is 5.82 Å². The third-order valence-electron chi connectivity index (χ3n) is 1.51. The molecule has 0 amide bonds. The molecular weight excluding hydrogens is 253 g/mol. The van der Waals surface area contributed by atoms with Crippen LogP contribution in [0.15, 0.2) is 21.8 Å². The molecule has 0 radical (unpaired) electrons. The molecule has 0 unspecified atom stereocenters. The van der Waals surface area contributed by atoms with Gasteiger partial charge in [-0.05, 0) is 34.2 Å². The van der Waals surface area contributed by atoms with Gasteiger partial charge >= 0.3 is 0 Å². The fourth-order valence-electron chi connectivity index (χ4n) is 0.821. The van der Waals surface area contributed by atoms with Crippen LogP contribution in [0.3, 0.4) is 0 Å². The van der Waals surface area contributed by atoms with Crippen LogP contribution >= 0.6 is 27.7 Å². The van der Waals surface area contributed by atoms with Gasteiger partial charge in [0.1, 0.15) is 5.03 Å². The van der Waals surface area contributed by atoms with Gasteiger partial charge in [0.25, 0.3) is 0 Å². The molecule has 0 saturated heterocycles. The van der Waals surface area contributed by atoms with E-state index < -0.39 is 0 Å². The Morgan fingerprint density at radius 1 is 1.62 bits per heavy atom. The van der Waals surface area contributed by atoms with Gasteiger partial charge in [0.2, 0.25) is 0 Å². The Labute approximate surface area is 90.3 Å². The summed E-state index contributed by atoms with van der Waals surface area (Å²) in [5, 5.41) is 0.497. The molecule has 0 N–H and O–H groups in total. The minimum Gasteiger partial charge on any atom is -0.246 e. The van der Waals surface area contributed by atoms with Gasteiger partial charge in [-0.3, -0.25) is 0 Å². The lowest BCUT2D eigenvalue weighted by atomic mass is 10.4. The van der Waals surface area contributed by atoms with Crippen molar-refractivity contribution in [1.82, 2.24) is 4.98 Å². The van der Waals surface area contributed by atoms with Gasteiger partial charge in [-0.15, -0.1) is 11.8 Å². The Hall–Kier alpha value is -0.0900. The van der Waals surface area contributed by atoms with E-state index in [1.165, 1.54) is 17.8 Å². The molecule has 1 aromatic rings. The molecule has 4 heteroatoms. The monoisotopic (exact) mass is 263 g/mol. The summed E-state index contributed by atoms with van der Waals surface area (Å²) in [6.45, 7) is 2.12. The minimum atomic E-state index is -0.240. The van der Waals surface area contributed by atoms with E-state index in [4.69, 9.17) is 0 Å². The highest BCUT2D eigenvalue weighted by molar-refractivity contribution is 9.10. The number of pyridine rings is 1. The maximum atomic E-state index is 13.2. The topological polar surface area (TPSA) is 12.9 Å². The summed E-state index contributed by atoms with van der Waals surface area (Å²) in [5.41, 5.74) is 0.